The van der Waals surface area contributed by atoms with Gasteiger partial charge in [0, 0.05) is 6.07 Å². The van der Waals surface area contributed by atoms with Crippen molar-refractivity contribution in [3.05, 3.63) is 51.6 Å². The number of hydrogen-bond donors (Lipinski definition) is 1. The van der Waals surface area contributed by atoms with Crippen molar-refractivity contribution in [2.24, 2.45) is 4.99 Å². The van der Waals surface area contributed by atoms with E-state index < -0.39 is 4.92 Å². The van der Waals surface area contributed by atoms with Crippen LogP contribution in [-0.4, -0.2) is 28.9 Å². The predicted molar refractivity (Wildman–Crippen MR) is 59.7 cm³/mol. The summed E-state index contributed by atoms with van der Waals surface area (Å²) >= 11 is 0. The molecule has 0 amide bonds. The zero-order valence-electron chi connectivity index (χ0n) is 8.46. The van der Waals surface area contributed by atoms with Crippen LogP contribution in [0.5, 0.6) is 0 Å². The maximum absolute atomic E-state index is 10.8. The number of hydrogen-bond acceptors (Lipinski definition) is 4. The number of para-hydroxylation sites is 1. The van der Waals surface area contributed by atoms with Crippen molar-refractivity contribution < 1.29 is 10.0 Å². The first kappa shape index (κ1) is 10.5. The molecule has 0 fully saturated rings. The molecule has 1 aliphatic heterocycles. The summed E-state index contributed by atoms with van der Waals surface area (Å²) in [5.41, 5.74) is 1.87. The van der Waals surface area contributed by atoms with E-state index in [1.807, 2.05) is 0 Å². The molecule has 0 unspecified atom stereocenters. The van der Waals surface area contributed by atoms with E-state index in [1.54, 1.807) is 24.3 Å². The summed E-state index contributed by atoms with van der Waals surface area (Å²) in [5.74, 6) is 0. The molecule has 0 saturated carbocycles. The van der Waals surface area contributed by atoms with Gasteiger partial charge in [0.15, 0.2) is 0 Å². The third-order valence-corrected chi connectivity index (χ3v) is 2.37. The molecule has 0 aliphatic carbocycles. The van der Waals surface area contributed by atoms with Crippen LogP contribution < -0.4 is 0 Å². The van der Waals surface area contributed by atoms with Crippen LogP contribution in [0.3, 0.4) is 0 Å². The maximum Gasteiger partial charge on any atom is 0.278 e. The number of nitro benzene ring substituents is 1. The van der Waals surface area contributed by atoms with Crippen LogP contribution in [0.15, 0.2) is 40.9 Å². The van der Waals surface area contributed by atoms with Gasteiger partial charge in [0.25, 0.3) is 5.69 Å². The summed E-state index contributed by atoms with van der Waals surface area (Å²) in [6.45, 7) is 0.353. The van der Waals surface area contributed by atoms with Gasteiger partial charge in [-0.05, 0) is 17.7 Å². The molecule has 1 heterocycles. The van der Waals surface area contributed by atoms with E-state index in [0.717, 1.165) is 5.57 Å². The van der Waals surface area contributed by atoms with Crippen molar-refractivity contribution in [2.75, 3.05) is 13.2 Å². The minimum Gasteiger partial charge on any atom is -0.392 e. The van der Waals surface area contributed by atoms with Crippen molar-refractivity contribution in [1.82, 2.24) is 0 Å². The van der Waals surface area contributed by atoms with Gasteiger partial charge in [-0.15, -0.1) is 0 Å². The van der Waals surface area contributed by atoms with Crippen molar-refractivity contribution >= 4 is 11.4 Å². The zero-order chi connectivity index (χ0) is 11.5. The van der Waals surface area contributed by atoms with Gasteiger partial charge in [-0.3, -0.25) is 15.1 Å². The van der Waals surface area contributed by atoms with Gasteiger partial charge in [-0.2, -0.15) is 0 Å². The molecule has 5 heteroatoms. The second kappa shape index (κ2) is 4.24. The Morgan fingerprint density at radius 1 is 1.44 bits per heavy atom. The second-order valence-electron chi connectivity index (χ2n) is 3.44. The number of rotatable bonds is 3. The summed E-state index contributed by atoms with van der Waals surface area (Å²) in [4.78, 5) is 14.5. The van der Waals surface area contributed by atoms with Crippen molar-refractivity contribution in [3.63, 3.8) is 0 Å². The van der Waals surface area contributed by atoms with Gasteiger partial charge in [-0.25, -0.2) is 0 Å². The normalized spacial score (nSPS) is 14.6. The smallest absolute Gasteiger partial charge is 0.278 e. The number of allylic oxidation sites excluding steroid dienone is 1. The van der Waals surface area contributed by atoms with Crippen molar-refractivity contribution in [3.8, 4) is 0 Å². The van der Waals surface area contributed by atoms with Gasteiger partial charge < -0.3 is 5.11 Å². The Morgan fingerprint density at radius 3 is 2.81 bits per heavy atom. The molecule has 1 aliphatic rings. The lowest BCUT2D eigenvalue weighted by Crippen LogP contribution is -2.00. The Labute approximate surface area is 91.9 Å². The molecule has 0 spiro atoms. The van der Waals surface area contributed by atoms with E-state index in [-0.39, 0.29) is 12.3 Å². The Hall–Kier alpha value is -2.01. The number of benzene rings is 1. The molecule has 0 saturated heterocycles. The molecule has 82 valence electrons. The van der Waals surface area contributed by atoms with E-state index in [1.165, 1.54) is 6.07 Å². The van der Waals surface area contributed by atoms with E-state index >= 15 is 0 Å². The molecular weight excluding hydrogens is 208 g/mol. The molecular formula is C11H10N2O3. The van der Waals surface area contributed by atoms with Gasteiger partial charge >= 0.3 is 0 Å². The molecule has 5 nitrogen and oxygen atoms in total. The van der Waals surface area contributed by atoms with Crippen LogP contribution in [-0.2, 0) is 0 Å². The highest BCUT2D eigenvalue weighted by atomic mass is 16.6. The van der Waals surface area contributed by atoms with E-state index in [4.69, 9.17) is 5.11 Å². The molecule has 0 bridgehead atoms. The number of aliphatic hydroxyl groups is 1. The molecule has 1 aromatic rings. The first-order valence-corrected chi connectivity index (χ1v) is 4.81. The lowest BCUT2D eigenvalue weighted by Gasteiger charge is -1.99. The summed E-state index contributed by atoms with van der Waals surface area (Å²) in [6.07, 6.45) is 1.70. The Bertz CT molecular complexity index is 492. The zero-order valence-corrected chi connectivity index (χ0v) is 8.46. The van der Waals surface area contributed by atoms with Crippen molar-refractivity contribution in [1.29, 1.82) is 0 Å². The topological polar surface area (TPSA) is 75.7 Å². The third-order valence-electron chi connectivity index (χ3n) is 2.37. The predicted octanol–water partition coefficient (Wildman–Crippen LogP) is 1.32. The molecule has 0 radical (unpaired) electrons. The van der Waals surface area contributed by atoms with Crippen LogP contribution in [0.2, 0.25) is 0 Å². The molecule has 0 atom stereocenters. The van der Waals surface area contributed by atoms with E-state index in [2.05, 4.69) is 4.99 Å². The average molecular weight is 218 g/mol. The molecule has 1 aromatic carbocycles. The fourth-order valence-corrected chi connectivity index (χ4v) is 1.58. The quantitative estimate of drug-likeness (QED) is 0.614. The molecule has 16 heavy (non-hydrogen) atoms. The SMILES string of the molecule is O=[N+]([O-])c1ccccc1C1=NCC(CO)=C1. The van der Waals surface area contributed by atoms with Crippen LogP contribution in [0.1, 0.15) is 5.56 Å². The fraction of sp³-hybridized carbons (Fsp3) is 0.182. The van der Waals surface area contributed by atoms with Crippen LogP contribution in [0.25, 0.3) is 0 Å². The number of aliphatic imine (C=N–C) groups is 1. The Morgan fingerprint density at radius 2 is 2.19 bits per heavy atom. The summed E-state index contributed by atoms with van der Waals surface area (Å²) in [7, 11) is 0. The summed E-state index contributed by atoms with van der Waals surface area (Å²) < 4.78 is 0. The standard InChI is InChI=1S/C11H10N2O3/c14-7-8-5-10(12-6-8)9-3-1-2-4-11(9)13(15)16/h1-5,14H,6-7H2. The van der Waals surface area contributed by atoms with Gasteiger partial charge in [-0.1, -0.05) is 12.1 Å². The molecule has 1 N–H and O–H groups in total. The lowest BCUT2D eigenvalue weighted by atomic mass is 10.1. The highest BCUT2D eigenvalue weighted by molar-refractivity contribution is 6.12. The van der Waals surface area contributed by atoms with Gasteiger partial charge in [0.1, 0.15) is 0 Å². The van der Waals surface area contributed by atoms with Crippen molar-refractivity contribution in [2.45, 2.75) is 0 Å². The highest BCUT2D eigenvalue weighted by Crippen LogP contribution is 2.21. The largest absolute Gasteiger partial charge is 0.392 e. The minimum absolute atomic E-state index is 0.0386. The Kier molecular flexibility index (Phi) is 2.78. The fourth-order valence-electron chi connectivity index (χ4n) is 1.58. The Balaban J connectivity index is 2.42. The van der Waals surface area contributed by atoms with E-state index in [9.17, 15) is 10.1 Å². The minimum atomic E-state index is -0.428. The van der Waals surface area contributed by atoms with Crippen LogP contribution in [0.4, 0.5) is 5.69 Å². The molecule has 0 aromatic heterocycles. The van der Waals surface area contributed by atoms with Crippen LogP contribution in [0, 0.1) is 10.1 Å². The maximum atomic E-state index is 10.8. The second-order valence-corrected chi connectivity index (χ2v) is 3.44. The number of nitro groups is 1. The summed E-state index contributed by atoms with van der Waals surface area (Å²) in [5, 5.41) is 19.7. The van der Waals surface area contributed by atoms with Crippen LogP contribution >= 0.6 is 0 Å². The van der Waals surface area contributed by atoms with E-state index in [0.29, 0.717) is 17.8 Å². The summed E-state index contributed by atoms with van der Waals surface area (Å²) in [6, 6.07) is 6.46. The highest BCUT2D eigenvalue weighted by Gasteiger charge is 2.18. The number of aliphatic hydroxyl groups excluding tert-OH is 1. The monoisotopic (exact) mass is 218 g/mol. The molecule has 2 rings (SSSR count). The first-order valence-electron chi connectivity index (χ1n) is 4.81. The lowest BCUT2D eigenvalue weighted by molar-refractivity contribution is -0.385. The first-order chi connectivity index (χ1) is 7.72. The van der Waals surface area contributed by atoms with Gasteiger partial charge in [0.2, 0.25) is 0 Å². The third kappa shape index (κ3) is 1.85. The number of nitrogens with zero attached hydrogens (tertiary/aromatic N) is 2. The van der Waals surface area contributed by atoms with Gasteiger partial charge in [0.05, 0.1) is 29.4 Å². The average Bonchev–Trinajstić information content (AvgIpc) is 2.77.